The van der Waals surface area contributed by atoms with E-state index >= 15 is 0 Å². The first kappa shape index (κ1) is 17.1. The molecule has 6 nitrogen and oxygen atoms in total. The van der Waals surface area contributed by atoms with Gasteiger partial charge in [-0.05, 0) is 49.9 Å². The van der Waals surface area contributed by atoms with Crippen LogP contribution in [0.25, 0.3) is 0 Å². The lowest BCUT2D eigenvalue weighted by atomic mass is 9.83. The summed E-state index contributed by atoms with van der Waals surface area (Å²) in [4.78, 5) is 2.05. The van der Waals surface area contributed by atoms with Crippen LogP contribution in [0.4, 0.5) is 0 Å². The summed E-state index contributed by atoms with van der Waals surface area (Å²) in [6.45, 7) is 0. The number of nitrogens with one attached hydrogen (secondary N) is 2. The second kappa shape index (κ2) is 6.64. The zero-order chi connectivity index (χ0) is 17.4. The molecule has 130 valence electrons. The Morgan fingerprint density at radius 3 is 2.83 bits per heavy atom. The molecule has 0 bridgehead atoms. The highest BCUT2D eigenvalue weighted by molar-refractivity contribution is 6.32. The van der Waals surface area contributed by atoms with E-state index in [2.05, 4.69) is 16.7 Å². The summed E-state index contributed by atoms with van der Waals surface area (Å²) in [7, 11) is 5.62. The van der Waals surface area contributed by atoms with Gasteiger partial charge in [-0.1, -0.05) is 11.6 Å². The number of methoxy groups -OCH3 is 1. The molecule has 0 spiro atoms. The number of likely N-dealkylation sites (N-methyl/N-ethyl adjacent to an activating group) is 1. The number of allylic oxidation sites excluding steroid dienone is 6. The first-order chi connectivity index (χ1) is 11.4. The summed E-state index contributed by atoms with van der Waals surface area (Å²) in [6, 6.07) is 0. The summed E-state index contributed by atoms with van der Waals surface area (Å²) in [5, 5.41) is 16.9. The Bertz CT molecular complexity index is 689. The van der Waals surface area contributed by atoms with Crippen molar-refractivity contribution in [3.8, 4) is 0 Å². The summed E-state index contributed by atoms with van der Waals surface area (Å²) in [5.74, 6) is 0.694. The molecule has 0 aromatic rings. The summed E-state index contributed by atoms with van der Waals surface area (Å²) < 4.78 is 5.54. The quantitative estimate of drug-likeness (QED) is 0.567. The number of aliphatic hydroxyl groups excluding tert-OH is 1. The summed E-state index contributed by atoms with van der Waals surface area (Å²) >= 11 is 6.52. The molecule has 3 unspecified atom stereocenters. The molecule has 2 heterocycles. The lowest BCUT2D eigenvalue weighted by Gasteiger charge is -2.31. The number of hydrogen-bond acceptors (Lipinski definition) is 6. The van der Waals surface area contributed by atoms with Crippen molar-refractivity contribution in [1.82, 2.24) is 15.5 Å². The highest BCUT2D eigenvalue weighted by atomic mass is 35.5. The zero-order valence-corrected chi connectivity index (χ0v) is 14.8. The molecule has 7 heteroatoms. The first-order valence-corrected chi connectivity index (χ1v) is 8.20. The van der Waals surface area contributed by atoms with Crippen LogP contribution in [0.3, 0.4) is 0 Å². The van der Waals surface area contributed by atoms with Gasteiger partial charge in [0.2, 0.25) is 0 Å². The van der Waals surface area contributed by atoms with Crippen LogP contribution >= 0.6 is 11.6 Å². The van der Waals surface area contributed by atoms with Crippen LogP contribution in [0.15, 0.2) is 57.8 Å². The van der Waals surface area contributed by atoms with E-state index in [1.165, 1.54) is 0 Å². The minimum Gasteiger partial charge on any atom is -0.482 e. The predicted molar refractivity (Wildman–Crippen MR) is 94.3 cm³/mol. The number of aliphatic hydroxyl groups is 1. The second-order valence-corrected chi connectivity index (χ2v) is 6.68. The summed E-state index contributed by atoms with van der Waals surface area (Å²) in [5.41, 5.74) is 9.29. The Hall–Kier alpha value is -1.73. The molecule has 5 N–H and O–H groups in total. The minimum absolute atomic E-state index is 0.00748. The smallest absolute Gasteiger partial charge is 0.195 e. The lowest BCUT2D eigenvalue weighted by molar-refractivity contribution is 0.206. The van der Waals surface area contributed by atoms with Crippen molar-refractivity contribution in [2.75, 3.05) is 21.2 Å². The van der Waals surface area contributed by atoms with E-state index in [0.717, 1.165) is 22.4 Å². The van der Waals surface area contributed by atoms with Crippen molar-refractivity contribution in [1.29, 1.82) is 0 Å². The van der Waals surface area contributed by atoms with Gasteiger partial charge in [-0.3, -0.25) is 4.90 Å². The van der Waals surface area contributed by atoms with Gasteiger partial charge >= 0.3 is 0 Å². The van der Waals surface area contributed by atoms with Crippen LogP contribution in [0.2, 0.25) is 0 Å². The topological polar surface area (TPSA) is 82.8 Å². The van der Waals surface area contributed by atoms with E-state index in [1.54, 1.807) is 13.3 Å². The van der Waals surface area contributed by atoms with Gasteiger partial charge in [-0.2, -0.15) is 0 Å². The number of ether oxygens (including phenoxy) is 1. The monoisotopic (exact) mass is 350 g/mol. The molecule has 0 radical (unpaired) electrons. The average Bonchev–Trinajstić information content (AvgIpc) is 2.96. The van der Waals surface area contributed by atoms with Crippen LogP contribution in [-0.4, -0.2) is 43.6 Å². The molecular formula is C17H23ClN4O2. The van der Waals surface area contributed by atoms with Crippen LogP contribution in [0.1, 0.15) is 6.42 Å². The van der Waals surface area contributed by atoms with E-state index < -0.39 is 6.23 Å². The molecule has 0 saturated carbocycles. The maximum absolute atomic E-state index is 9.77. The lowest BCUT2D eigenvalue weighted by Crippen LogP contribution is -2.42. The van der Waals surface area contributed by atoms with E-state index in [-0.39, 0.29) is 12.1 Å². The number of rotatable bonds is 4. The number of nitrogens with two attached hydrogens (primary N) is 1. The van der Waals surface area contributed by atoms with Crippen molar-refractivity contribution < 1.29 is 9.84 Å². The fourth-order valence-electron chi connectivity index (χ4n) is 3.20. The third kappa shape index (κ3) is 2.98. The number of nitrogens with zero attached hydrogens (tertiary/aromatic N) is 1. The third-order valence-electron chi connectivity index (χ3n) is 4.56. The van der Waals surface area contributed by atoms with Gasteiger partial charge in [-0.25, -0.2) is 0 Å². The van der Waals surface area contributed by atoms with Crippen LogP contribution < -0.4 is 16.4 Å². The van der Waals surface area contributed by atoms with Gasteiger partial charge in [0.15, 0.2) is 5.88 Å². The van der Waals surface area contributed by atoms with E-state index in [4.69, 9.17) is 22.1 Å². The van der Waals surface area contributed by atoms with E-state index in [1.807, 2.05) is 31.1 Å². The van der Waals surface area contributed by atoms with Gasteiger partial charge in [0, 0.05) is 28.4 Å². The molecule has 2 aliphatic heterocycles. The molecule has 0 aromatic heterocycles. The van der Waals surface area contributed by atoms with Gasteiger partial charge < -0.3 is 26.2 Å². The molecule has 3 rings (SSSR count). The van der Waals surface area contributed by atoms with E-state index in [0.29, 0.717) is 17.3 Å². The zero-order valence-electron chi connectivity index (χ0n) is 14.0. The standard InChI is InChI=1S/C17H23ClN4O2/c1-22(2)15-5-4-9(17(21-15)24-3)10-6-11-12(16(19)23)8-20-14(11)7-13(10)18/h4-5,7-8,11,15-16,20-21,23H,6,19H2,1-3H3. The Kier molecular flexibility index (Phi) is 4.73. The van der Waals surface area contributed by atoms with Crippen LogP contribution in [0.5, 0.6) is 0 Å². The number of dihydropyridines is 1. The Morgan fingerprint density at radius 2 is 2.21 bits per heavy atom. The number of fused-ring (bicyclic) bond motifs is 1. The second-order valence-electron chi connectivity index (χ2n) is 6.28. The molecule has 1 aliphatic carbocycles. The minimum atomic E-state index is -0.986. The fraction of sp³-hybridized carbons (Fsp3) is 0.412. The maximum Gasteiger partial charge on any atom is 0.195 e. The maximum atomic E-state index is 9.77. The van der Waals surface area contributed by atoms with Gasteiger partial charge in [0.05, 0.1) is 7.11 Å². The van der Waals surface area contributed by atoms with Crippen molar-refractivity contribution in [2.45, 2.75) is 18.8 Å². The Balaban J connectivity index is 1.93. The fourth-order valence-corrected chi connectivity index (χ4v) is 3.50. The van der Waals surface area contributed by atoms with Gasteiger partial charge in [0.25, 0.3) is 0 Å². The largest absolute Gasteiger partial charge is 0.482 e. The average molecular weight is 351 g/mol. The van der Waals surface area contributed by atoms with Crippen molar-refractivity contribution in [3.63, 3.8) is 0 Å². The summed E-state index contributed by atoms with van der Waals surface area (Å²) in [6.07, 6.45) is 7.47. The molecule has 0 fully saturated rings. The molecular weight excluding hydrogens is 328 g/mol. The van der Waals surface area contributed by atoms with Crippen molar-refractivity contribution in [3.05, 3.63) is 57.8 Å². The van der Waals surface area contributed by atoms with Crippen molar-refractivity contribution >= 4 is 11.6 Å². The molecule has 0 amide bonds. The highest BCUT2D eigenvalue weighted by Crippen LogP contribution is 2.41. The molecule has 0 saturated heterocycles. The molecule has 24 heavy (non-hydrogen) atoms. The molecule has 0 aromatic carbocycles. The molecule has 3 atom stereocenters. The van der Waals surface area contributed by atoms with Crippen molar-refractivity contribution in [2.24, 2.45) is 11.7 Å². The normalized spacial score (nSPS) is 27.5. The third-order valence-corrected chi connectivity index (χ3v) is 4.90. The Labute approximate surface area is 147 Å². The van der Waals surface area contributed by atoms with Gasteiger partial charge in [0.1, 0.15) is 12.4 Å². The number of halogens is 1. The predicted octanol–water partition coefficient (Wildman–Crippen LogP) is 1.05. The van der Waals surface area contributed by atoms with Crippen LogP contribution in [0, 0.1) is 5.92 Å². The molecule has 3 aliphatic rings. The van der Waals surface area contributed by atoms with Gasteiger partial charge in [-0.15, -0.1) is 0 Å². The highest BCUT2D eigenvalue weighted by Gasteiger charge is 2.34. The number of hydrogen-bond donors (Lipinski definition) is 4. The van der Waals surface area contributed by atoms with Crippen LogP contribution in [-0.2, 0) is 4.74 Å². The SMILES string of the molecule is COC1=C(C2=C(Cl)C=C3NC=C(C(N)O)C3C2)C=CC(N(C)C)N1. The first-order valence-electron chi connectivity index (χ1n) is 7.82. The van der Waals surface area contributed by atoms with E-state index in [9.17, 15) is 5.11 Å². The Morgan fingerprint density at radius 1 is 1.46 bits per heavy atom.